The number of rotatable bonds is 8. The van der Waals surface area contributed by atoms with Gasteiger partial charge in [0.2, 0.25) is 0 Å². The number of halogens is 8. The highest BCUT2D eigenvalue weighted by Gasteiger charge is 2.39. The lowest BCUT2D eigenvalue weighted by Gasteiger charge is -2.15. The average Bonchev–Trinajstić information content (AvgIpc) is 3.19. The molecule has 0 aliphatic carbocycles. The van der Waals surface area contributed by atoms with E-state index in [4.69, 9.17) is 4.74 Å². The fraction of sp³-hybridized carbons (Fsp3) is 0.261. The van der Waals surface area contributed by atoms with E-state index in [0.29, 0.717) is 15.9 Å². The summed E-state index contributed by atoms with van der Waals surface area (Å²) in [5.74, 6) is -1.87. The number of alkyl halides is 8. The Kier molecular flexibility index (Phi) is 7.99. The molecule has 4 rings (SSSR count). The summed E-state index contributed by atoms with van der Waals surface area (Å²) in [5, 5.41) is 9.30. The molecular formula is C23H15F8N3O6S. The van der Waals surface area contributed by atoms with Crippen molar-refractivity contribution in [1.29, 1.82) is 0 Å². The highest BCUT2D eigenvalue weighted by Crippen LogP contribution is 2.40. The Balaban J connectivity index is 1.75. The van der Waals surface area contributed by atoms with E-state index >= 15 is 0 Å². The third kappa shape index (κ3) is 6.76. The number of hydrogen-bond acceptors (Lipinski definition) is 8. The smallest absolute Gasteiger partial charge is 0.436 e. The predicted octanol–water partition coefficient (Wildman–Crippen LogP) is 5.34. The summed E-state index contributed by atoms with van der Waals surface area (Å²) < 4.78 is 116. The van der Waals surface area contributed by atoms with Gasteiger partial charge in [0.1, 0.15) is 16.3 Å². The summed E-state index contributed by atoms with van der Waals surface area (Å²) in [4.78, 5) is 30.5. The van der Waals surface area contributed by atoms with E-state index in [1.54, 1.807) is 0 Å². The molecule has 0 aliphatic rings. The highest BCUT2D eigenvalue weighted by atomic mass is 32.1. The topological polar surface area (TPSA) is 116 Å². The van der Waals surface area contributed by atoms with Crippen molar-refractivity contribution in [3.05, 3.63) is 62.9 Å². The zero-order valence-corrected chi connectivity index (χ0v) is 21.0. The molecule has 41 heavy (non-hydrogen) atoms. The zero-order valence-electron chi connectivity index (χ0n) is 20.1. The lowest BCUT2D eigenvalue weighted by atomic mass is 10.1. The number of hydrogen-bond donors (Lipinski definition) is 2. The number of nitrogens with one attached hydrogen (secondary N) is 1. The van der Waals surface area contributed by atoms with Crippen molar-refractivity contribution in [1.82, 2.24) is 14.5 Å². The molecule has 0 bridgehead atoms. The standard InChI is InChI=1S/C23H15F8N3O6S/c1-9-15-17(36)33-21(37)34(8-14(35)22(26,27)28)19(15)41-16(9)10-6-13(39-20(24)25)18(32-7-10)38-11-2-4-12(5-3-11)40-23(29,30)31/h2-7,14,20,35H,8H2,1H3,(H,33,36,37)/t14-/m1/s1. The Bertz CT molecular complexity index is 1680. The van der Waals surface area contributed by atoms with Gasteiger partial charge in [0.25, 0.3) is 11.4 Å². The average molecular weight is 613 g/mol. The normalized spacial score (nSPS) is 13.0. The Hall–Kier alpha value is -4.19. The minimum atomic E-state index is -5.07. The summed E-state index contributed by atoms with van der Waals surface area (Å²) >= 11 is 0.663. The van der Waals surface area contributed by atoms with Gasteiger partial charge < -0.3 is 19.3 Å². The van der Waals surface area contributed by atoms with Crippen LogP contribution in [-0.4, -0.2) is 44.9 Å². The fourth-order valence-electron chi connectivity index (χ4n) is 3.63. The zero-order chi connectivity index (χ0) is 30.3. The van der Waals surface area contributed by atoms with Crippen LogP contribution in [0.4, 0.5) is 35.1 Å². The maximum absolute atomic E-state index is 13.2. The molecule has 3 aromatic heterocycles. The minimum absolute atomic E-state index is 0.0374. The SMILES string of the molecule is Cc1c(-c2cnc(Oc3ccc(OC(F)(F)F)cc3)c(OC(F)F)c2)sc2c1c(=O)[nH]c(=O)n2C[C@@H](O)C(F)(F)F. The number of fused-ring (bicyclic) bond motifs is 1. The number of thiophene rings is 1. The molecule has 220 valence electrons. The van der Waals surface area contributed by atoms with E-state index in [-0.39, 0.29) is 32.0 Å². The molecule has 0 aliphatic heterocycles. The Morgan fingerprint density at radius 2 is 1.71 bits per heavy atom. The van der Waals surface area contributed by atoms with Crippen LogP contribution >= 0.6 is 11.3 Å². The highest BCUT2D eigenvalue weighted by molar-refractivity contribution is 7.22. The number of H-pyrrole nitrogens is 1. The van der Waals surface area contributed by atoms with Crippen molar-refractivity contribution < 1.29 is 54.4 Å². The molecule has 9 nitrogen and oxygen atoms in total. The van der Waals surface area contributed by atoms with Gasteiger partial charge >= 0.3 is 24.8 Å². The molecule has 0 radical (unpaired) electrons. The van der Waals surface area contributed by atoms with Gasteiger partial charge in [0, 0.05) is 16.6 Å². The van der Waals surface area contributed by atoms with Crippen molar-refractivity contribution in [2.45, 2.75) is 38.7 Å². The number of aromatic nitrogens is 3. The number of benzene rings is 1. The number of pyridine rings is 1. The quantitative estimate of drug-likeness (QED) is 0.258. The van der Waals surface area contributed by atoms with E-state index < -0.39 is 60.4 Å². The maximum atomic E-state index is 13.2. The van der Waals surface area contributed by atoms with Gasteiger partial charge in [-0.05, 0) is 42.8 Å². The van der Waals surface area contributed by atoms with Crippen LogP contribution in [-0.2, 0) is 6.54 Å². The van der Waals surface area contributed by atoms with E-state index in [9.17, 15) is 49.8 Å². The summed E-state index contributed by atoms with van der Waals surface area (Å²) in [6.45, 7) is -3.22. The summed E-state index contributed by atoms with van der Waals surface area (Å²) in [6.07, 6.45) is -11.9. The largest absolute Gasteiger partial charge is 0.573 e. The molecule has 1 aromatic carbocycles. The fourth-order valence-corrected chi connectivity index (χ4v) is 4.92. The molecular weight excluding hydrogens is 598 g/mol. The van der Waals surface area contributed by atoms with Crippen LogP contribution in [0.5, 0.6) is 23.1 Å². The molecule has 2 N–H and O–H groups in total. The Morgan fingerprint density at radius 3 is 2.29 bits per heavy atom. The third-order valence-electron chi connectivity index (χ3n) is 5.37. The second-order valence-corrected chi connectivity index (χ2v) is 9.19. The Morgan fingerprint density at radius 1 is 1.07 bits per heavy atom. The first-order chi connectivity index (χ1) is 19.0. The van der Waals surface area contributed by atoms with Crippen molar-refractivity contribution in [3.63, 3.8) is 0 Å². The second kappa shape index (κ2) is 11.0. The van der Waals surface area contributed by atoms with E-state index in [2.05, 4.69) is 14.5 Å². The Labute approximate surface area is 226 Å². The number of aliphatic hydroxyl groups excluding tert-OH is 1. The molecule has 0 fully saturated rings. The van der Waals surface area contributed by atoms with Crippen LogP contribution in [0.15, 0.2) is 46.1 Å². The monoisotopic (exact) mass is 613 g/mol. The first-order valence-corrected chi connectivity index (χ1v) is 11.8. The molecule has 0 spiro atoms. The van der Waals surface area contributed by atoms with Crippen molar-refractivity contribution in [2.24, 2.45) is 0 Å². The number of aromatic amines is 1. The molecule has 18 heteroatoms. The van der Waals surface area contributed by atoms with Gasteiger partial charge in [-0.25, -0.2) is 9.78 Å². The van der Waals surface area contributed by atoms with Gasteiger partial charge in [0.15, 0.2) is 11.9 Å². The lowest BCUT2D eigenvalue weighted by molar-refractivity contribution is -0.274. The minimum Gasteiger partial charge on any atom is -0.436 e. The number of aryl methyl sites for hydroxylation is 1. The van der Waals surface area contributed by atoms with Gasteiger partial charge in [-0.15, -0.1) is 24.5 Å². The third-order valence-corrected chi connectivity index (χ3v) is 6.73. The van der Waals surface area contributed by atoms with E-state index in [0.717, 1.165) is 36.5 Å². The first kappa shape index (κ1) is 29.8. The van der Waals surface area contributed by atoms with Crippen LogP contribution < -0.4 is 25.5 Å². The second-order valence-electron chi connectivity index (χ2n) is 8.19. The number of ether oxygens (including phenoxy) is 3. The van der Waals surface area contributed by atoms with Gasteiger partial charge in [-0.3, -0.25) is 14.3 Å². The molecule has 3 heterocycles. The van der Waals surface area contributed by atoms with Crippen LogP contribution in [0.3, 0.4) is 0 Å². The van der Waals surface area contributed by atoms with Crippen molar-refractivity contribution in [3.8, 4) is 33.6 Å². The molecule has 0 saturated heterocycles. The molecule has 1 atom stereocenters. The first-order valence-electron chi connectivity index (χ1n) is 11.0. The van der Waals surface area contributed by atoms with Gasteiger partial charge in [0.05, 0.1) is 11.9 Å². The van der Waals surface area contributed by atoms with Crippen LogP contribution in [0.25, 0.3) is 20.7 Å². The summed E-state index contributed by atoms with van der Waals surface area (Å²) in [5.41, 5.74) is -1.96. The number of nitrogens with zero attached hydrogens (tertiary/aromatic N) is 2. The van der Waals surface area contributed by atoms with E-state index in [1.807, 2.05) is 4.98 Å². The molecule has 0 amide bonds. The predicted molar refractivity (Wildman–Crippen MR) is 127 cm³/mol. The summed E-state index contributed by atoms with van der Waals surface area (Å²) in [6, 6.07) is 4.91. The van der Waals surface area contributed by atoms with E-state index in [1.165, 1.54) is 6.92 Å². The lowest BCUT2D eigenvalue weighted by Crippen LogP contribution is -2.38. The molecule has 0 saturated carbocycles. The number of aliphatic hydroxyl groups is 1. The van der Waals surface area contributed by atoms with Crippen molar-refractivity contribution in [2.75, 3.05) is 0 Å². The van der Waals surface area contributed by atoms with Crippen LogP contribution in [0.1, 0.15) is 5.56 Å². The van der Waals surface area contributed by atoms with Crippen LogP contribution in [0.2, 0.25) is 0 Å². The van der Waals surface area contributed by atoms with Crippen molar-refractivity contribution >= 4 is 21.6 Å². The van der Waals surface area contributed by atoms with Gasteiger partial charge in [-0.2, -0.15) is 22.0 Å². The van der Waals surface area contributed by atoms with Gasteiger partial charge in [-0.1, -0.05) is 0 Å². The summed E-state index contributed by atoms with van der Waals surface area (Å²) in [7, 11) is 0. The molecule has 4 aromatic rings. The van der Waals surface area contributed by atoms with Crippen LogP contribution in [0, 0.1) is 6.92 Å². The molecule has 0 unspecified atom stereocenters. The maximum Gasteiger partial charge on any atom is 0.573 e.